The average molecular weight is 278 g/mol. The van der Waals surface area contributed by atoms with Gasteiger partial charge in [-0.15, -0.1) is 0 Å². The molecule has 1 saturated heterocycles. The summed E-state index contributed by atoms with van der Waals surface area (Å²) >= 11 is 1.84. The Bertz CT molecular complexity index is 434. The van der Waals surface area contributed by atoms with Gasteiger partial charge in [0.1, 0.15) is 5.75 Å². The minimum atomic E-state index is 0.603. The highest BCUT2D eigenvalue weighted by Crippen LogP contribution is 2.19. The second-order valence-electron chi connectivity index (χ2n) is 4.64. The summed E-state index contributed by atoms with van der Waals surface area (Å²) in [6.07, 6.45) is 3.34. The molecule has 1 unspecified atom stereocenters. The second kappa shape index (κ2) is 7.43. The lowest BCUT2D eigenvalue weighted by Crippen LogP contribution is -2.37. The molecule has 1 aromatic rings. The summed E-state index contributed by atoms with van der Waals surface area (Å²) in [7, 11) is 1.72. The molecule has 1 N–H and O–H groups in total. The standard InChI is InChI=1S/C15H22N2OS/c1-3-13-9-11-19-15(17-13)16-10-8-12-6-4-5-7-14(12)18-2/h4-7,13H,3,8-11H2,1-2H3,(H,16,17). The molecule has 19 heavy (non-hydrogen) atoms. The third-order valence-corrected chi connectivity index (χ3v) is 4.31. The van der Waals surface area contributed by atoms with Gasteiger partial charge >= 0.3 is 0 Å². The van der Waals surface area contributed by atoms with E-state index < -0.39 is 0 Å². The third kappa shape index (κ3) is 4.16. The highest BCUT2D eigenvalue weighted by atomic mass is 32.2. The number of ether oxygens (including phenoxy) is 1. The lowest BCUT2D eigenvalue weighted by molar-refractivity contribution is 0.410. The van der Waals surface area contributed by atoms with Crippen molar-refractivity contribution in [1.29, 1.82) is 0 Å². The summed E-state index contributed by atoms with van der Waals surface area (Å²) in [4.78, 5) is 4.67. The lowest BCUT2D eigenvalue weighted by Gasteiger charge is -2.24. The number of aliphatic imine (C=N–C) groups is 1. The summed E-state index contributed by atoms with van der Waals surface area (Å²) in [6, 6.07) is 8.76. The summed E-state index contributed by atoms with van der Waals surface area (Å²) in [6.45, 7) is 3.03. The molecule has 0 aromatic heterocycles. The average Bonchev–Trinajstić information content (AvgIpc) is 2.48. The SMILES string of the molecule is CCC1CCSC(=NCCc2ccccc2OC)N1. The van der Waals surface area contributed by atoms with Crippen molar-refractivity contribution in [3.63, 3.8) is 0 Å². The molecule has 1 atom stereocenters. The quantitative estimate of drug-likeness (QED) is 0.898. The molecule has 0 spiro atoms. The zero-order chi connectivity index (χ0) is 13.5. The zero-order valence-electron chi connectivity index (χ0n) is 11.7. The first-order chi connectivity index (χ1) is 9.33. The number of hydrogen-bond donors (Lipinski definition) is 1. The molecule has 1 heterocycles. The van der Waals surface area contributed by atoms with Gasteiger partial charge in [0, 0.05) is 18.3 Å². The van der Waals surface area contributed by atoms with E-state index in [0.717, 1.165) is 23.9 Å². The van der Waals surface area contributed by atoms with Gasteiger partial charge in [0.15, 0.2) is 5.17 Å². The van der Waals surface area contributed by atoms with Crippen molar-refractivity contribution in [1.82, 2.24) is 5.32 Å². The van der Waals surface area contributed by atoms with Gasteiger partial charge in [-0.3, -0.25) is 4.99 Å². The van der Waals surface area contributed by atoms with E-state index in [-0.39, 0.29) is 0 Å². The smallest absolute Gasteiger partial charge is 0.156 e. The van der Waals surface area contributed by atoms with Crippen molar-refractivity contribution in [3.05, 3.63) is 29.8 Å². The van der Waals surface area contributed by atoms with Gasteiger partial charge in [-0.05, 0) is 30.9 Å². The Hall–Kier alpha value is -1.16. The van der Waals surface area contributed by atoms with E-state index in [0.29, 0.717) is 6.04 Å². The number of benzene rings is 1. The van der Waals surface area contributed by atoms with Gasteiger partial charge in [0.25, 0.3) is 0 Å². The summed E-state index contributed by atoms with van der Waals surface area (Å²) < 4.78 is 5.35. The first kappa shape index (κ1) is 14.3. The fraction of sp³-hybridized carbons (Fsp3) is 0.533. The number of rotatable bonds is 5. The van der Waals surface area contributed by atoms with Crippen LogP contribution in [0.25, 0.3) is 0 Å². The summed E-state index contributed by atoms with van der Waals surface area (Å²) in [5.41, 5.74) is 1.22. The Morgan fingerprint density at radius 2 is 2.26 bits per heavy atom. The van der Waals surface area contributed by atoms with Crippen LogP contribution in [0.4, 0.5) is 0 Å². The number of para-hydroxylation sites is 1. The molecule has 1 aromatic carbocycles. The first-order valence-electron chi connectivity index (χ1n) is 6.89. The van der Waals surface area contributed by atoms with E-state index in [1.807, 2.05) is 30.0 Å². The number of hydrogen-bond acceptors (Lipinski definition) is 3. The minimum absolute atomic E-state index is 0.603. The van der Waals surface area contributed by atoms with Crippen LogP contribution in [-0.2, 0) is 6.42 Å². The topological polar surface area (TPSA) is 33.6 Å². The number of thioether (sulfide) groups is 1. The van der Waals surface area contributed by atoms with Gasteiger partial charge in [0.2, 0.25) is 0 Å². The monoisotopic (exact) mass is 278 g/mol. The molecule has 1 aliphatic heterocycles. The van der Waals surface area contributed by atoms with Crippen LogP contribution in [0.5, 0.6) is 5.75 Å². The van der Waals surface area contributed by atoms with Crippen molar-refractivity contribution < 1.29 is 4.74 Å². The van der Waals surface area contributed by atoms with E-state index in [9.17, 15) is 0 Å². The fourth-order valence-corrected chi connectivity index (χ4v) is 3.20. The van der Waals surface area contributed by atoms with E-state index in [1.165, 1.54) is 24.2 Å². The fourth-order valence-electron chi connectivity index (χ4n) is 2.17. The molecule has 0 aliphatic carbocycles. The lowest BCUT2D eigenvalue weighted by atomic mass is 10.1. The normalized spacial score (nSPS) is 21.2. The molecule has 1 aliphatic rings. The second-order valence-corrected chi connectivity index (χ2v) is 5.72. The van der Waals surface area contributed by atoms with Gasteiger partial charge in [-0.2, -0.15) is 0 Å². The molecular formula is C15H22N2OS. The van der Waals surface area contributed by atoms with Crippen LogP contribution in [0, 0.1) is 0 Å². The molecule has 4 heteroatoms. The van der Waals surface area contributed by atoms with Gasteiger partial charge in [-0.25, -0.2) is 0 Å². The van der Waals surface area contributed by atoms with E-state index in [4.69, 9.17) is 4.74 Å². The maximum absolute atomic E-state index is 5.35. The maximum Gasteiger partial charge on any atom is 0.156 e. The Morgan fingerprint density at radius 1 is 1.42 bits per heavy atom. The maximum atomic E-state index is 5.35. The number of amidine groups is 1. The molecule has 3 nitrogen and oxygen atoms in total. The molecular weight excluding hydrogens is 256 g/mol. The van der Waals surface area contributed by atoms with Crippen LogP contribution >= 0.6 is 11.8 Å². The van der Waals surface area contributed by atoms with Crippen molar-refractivity contribution in [2.45, 2.75) is 32.2 Å². The summed E-state index contributed by atoms with van der Waals surface area (Å²) in [5, 5.41) is 4.60. The molecule has 0 saturated carbocycles. The predicted molar refractivity (Wildman–Crippen MR) is 83.3 cm³/mol. The van der Waals surface area contributed by atoms with Gasteiger partial charge in [0.05, 0.1) is 7.11 Å². The first-order valence-corrected chi connectivity index (χ1v) is 7.87. The van der Waals surface area contributed by atoms with E-state index in [2.05, 4.69) is 23.3 Å². The van der Waals surface area contributed by atoms with Crippen molar-refractivity contribution in [2.75, 3.05) is 19.4 Å². The van der Waals surface area contributed by atoms with Crippen molar-refractivity contribution in [2.24, 2.45) is 4.99 Å². The predicted octanol–water partition coefficient (Wildman–Crippen LogP) is 3.10. The van der Waals surface area contributed by atoms with Crippen LogP contribution in [0.1, 0.15) is 25.3 Å². The van der Waals surface area contributed by atoms with E-state index >= 15 is 0 Å². The Morgan fingerprint density at radius 3 is 3.05 bits per heavy atom. The van der Waals surface area contributed by atoms with E-state index in [1.54, 1.807) is 7.11 Å². The Balaban J connectivity index is 1.88. The molecule has 0 bridgehead atoms. The van der Waals surface area contributed by atoms with Crippen molar-refractivity contribution >= 4 is 16.9 Å². The van der Waals surface area contributed by atoms with Crippen LogP contribution in [0.2, 0.25) is 0 Å². The highest BCUT2D eigenvalue weighted by molar-refractivity contribution is 8.13. The van der Waals surface area contributed by atoms with Gasteiger partial charge in [-0.1, -0.05) is 36.9 Å². The third-order valence-electron chi connectivity index (χ3n) is 3.35. The molecule has 1 fully saturated rings. The number of nitrogens with zero attached hydrogens (tertiary/aromatic N) is 1. The summed E-state index contributed by atoms with van der Waals surface area (Å²) in [5.74, 6) is 2.14. The Labute approximate surface area is 119 Å². The molecule has 104 valence electrons. The number of methoxy groups -OCH3 is 1. The zero-order valence-corrected chi connectivity index (χ0v) is 12.5. The van der Waals surface area contributed by atoms with Crippen LogP contribution in [0.15, 0.2) is 29.3 Å². The highest BCUT2D eigenvalue weighted by Gasteiger charge is 2.15. The van der Waals surface area contributed by atoms with Crippen LogP contribution in [0.3, 0.4) is 0 Å². The largest absolute Gasteiger partial charge is 0.496 e. The Kier molecular flexibility index (Phi) is 5.58. The molecule has 0 radical (unpaired) electrons. The van der Waals surface area contributed by atoms with Crippen LogP contribution in [-0.4, -0.2) is 30.6 Å². The molecule has 2 rings (SSSR count). The van der Waals surface area contributed by atoms with Gasteiger partial charge < -0.3 is 10.1 Å². The van der Waals surface area contributed by atoms with Crippen molar-refractivity contribution in [3.8, 4) is 5.75 Å². The number of nitrogens with one attached hydrogen (secondary N) is 1. The molecule has 0 amide bonds. The van der Waals surface area contributed by atoms with Crippen LogP contribution < -0.4 is 10.1 Å². The minimum Gasteiger partial charge on any atom is -0.496 e.